The minimum atomic E-state index is -0.423. The Kier molecular flexibility index (Phi) is 5.20. The van der Waals surface area contributed by atoms with Crippen molar-refractivity contribution in [1.29, 1.82) is 0 Å². The highest BCUT2D eigenvalue weighted by molar-refractivity contribution is 5.95. The summed E-state index contributed by atoms with van der Waals surface area (Å²) in [7, 11) is 1.64. The lowest BCUT2D eigenvalue weighted by Crippen LogP contribution is -2.25. The molecular weight excluding hydrogens is 416 g/mol. The molecule has 3 heterocycles. The quantitative estimate of drug-likeness (QED) is 0.512. The maximum absolute atomic E-state index is 13.0. The molecular formula is C25H26N6O2. The molecule has 1 amide bonds. The van der Waals surface area contributed by atoms with Crippen LogP contribution in [0.2, 0.25) is 0 Å². The van der Waals surface area contributed by atoms with E-state index in [-0.39, 0.29) is 5.91 Å². The van der Waals surface area contributed by atoms with Crippen LogP contribution in [0.4, 0.5) is 5.69 Å². The molecule has 0 saturated carbocycles. The monoisotopic (exact) mass is 442 g/mol. The van der Waals surface area contributed by atoms with Gasteiger partial charge < -0.3 is 14.6 Å². The van der Waals surface area contributed by atoms with E-state index in [9.17, 15) is 4.79 Å². The van der Waals surface area contributed by atoms with Crippen LogP contribution in [0.25, 0.3) is 16.9 Å². The molecule has 0 fully saturated rings. The van der Waals surface area contributed by atoms with Crippen LogP contribution < -0.4 is 10.1 Å². The van der Waals surface area contributed by atoms with Crippen LogP contribution in [-0.4, -0.2) is 37.6 Å². The third-order valence-corrected chi connectivity index (χ3v) is 6.14. The molecule has 2 aromatic heterocycles. The van der Waals surface area contributed by atoms with E-state index in [1.165, 1.54) is 11.1 Å². The second-order valence-corrected chi connectivity index (χ2v) is 8.54. The number of ether oxygens (including phenoxy) is 1. The van der Waals surface area contributed by atoms with Crippen molar-refractivity contribution in [3.63, 3.8) is 0 Å². The topological polar surface area (TPSA) is 86.9 Å². The lowest BCUT2D eigenvalue weighted by molar-refractivity contribution is -0.119. The van der Waals surface area contributed by atoms with Crippen LogP contribution in [0.3, 0.4) is 0 Å². The van der Waals surface area contributed by atoms with Crippen LogP contribution in [-0.2, 0) is 11.2 Å². The van der Waals surface area contributed by atoms with Crippen LogP contribution in [0, 0.1) is 20.8 Å². The summed E-state index contributed by atoms with van der Waals surface area (Å²) < 4.78 is 9.20. The third kappa shape index (κ3) is 3.88. The molecule has 33 heavy (non-hydrogen) atoms. The van der Waals surface area contributed by atoms with E-state index < -0.39 is 6.04 Å². The highest BCUT2D eigenvalue weighted by atomic mass is 16.5. The molecule has 1 aliphatic rings. The Balaban J connectivity index is 1.42. The van der Waals surface area contributed by atoms with Crippen molar-refractivity contribution in [2.45, 2.75) is 39.7 Å². The van der Waals surface area contributed by atoms with Crippen LogP contribution >= 0.6 is 0 Å². The Labute approximate surface area is 192 Å². The molecule has 0 bridgehead atoms. The normalized spacial score (nSPS) is 15.6. The van der Waals surface area contributed by atoms with E-state index in [4.69, 9.17) is 4.74 Å². The van der Waals surface area contributed by atoms with E-state index in [2.05, 4.69) is 33.6 Å². The Morgan fingerprint density at radius 2 is 1.97 bits per heavy atom. The Bertz CT molecular complexity index is 1350. The maximum Gasteiger partial charge on any atom is 0.249 e. The van der Waals surface area contributed by atoms with Gasteiger partial charge in [-0.1, -0.05) is 17.3 Å². The molecule has 5 rings (SSSR count). The van der Waals surface area contributed by atoms with E-state index >= 15 is 0 Å². The van der Waals surface area contributed by atoms with Crippen LogP contribution in [0.1, 0.15) is 34.8 Å². The number of anilines is 1. The number of aromatic nitrogens is 5. The standard InChI is InChI=1S/C25H26N6O2/c1-15-9-16(2)19-6-8-23(25(32)27-20(19)10-15)31-13-21(28-29-31)18-5-7-22(24(11-18)33-4)30-12-17(3)26-14-30/h5,7,9-14,23H,6,8H2,1-4H3,(H,27,32). The number of benzene rings is 2. The Morgan fingerprint density at radius 1 is 1.12 bits per heavy atom. The van der Waals surface area contributed by atoms with Gasteiger partial charge in [-0.25, -0.2) is 9.67 Å². The third-order valence-electron chi connectivity index (χ3n) is 6.14. The van der Waals surface area contributed by atoms with Gasteiger partial charge in [-0.15, -0.1) is 5.10 Å². The van der Waals surface area contributed by atoms with Crippen LogP contribution in [0.15, 0.2) is 49.1 Å². The summed E-state index contributed by atoms with van der Waals surface area (Å²) in [4.78, 5) is 17.3. The maximum atomic E-state index is 13.0. The van der Waals surface area contributed by atoms with Crippen molar-refractivity contribution in [3.8, 4) is 22.7 Å². The molecule has 4 aromatic rings. The molecule has 1 atom stereocenters. The number of fused-ring (bicyclic) bond motifs is 1. The van der Waals surface area contributed by atoms with Gasteiger partial charge in [-0.3, -0.25) is 4.79 Å². The second-order valence-electron chi connectivity index (χ2n) is 8.54. The number of aryl methyl sites for hydroxylation is 3. The van der Waals surface area contributed by atoms with E-state index in [0.717, 1.165) is 34.6 Å². The average molecular weight is 443 g/mol. The number of rotatable bonds is 4. The van der Waals surface area contributed by atoms with E-state index in [1.54, 1.807) is 18.1 Å². The van der Waals surface area contributed by atoms with Gasteiger partial charge >= 0.3 is 0 Å². The van der Waals surface area contributed by atoms with Gasteiger partial charge in [0, 0.05) is 17.4 Å². The number of hydrogen-bond acceptors (Lipinski definition) is 5. The molecule has 1 unspecified atom stereocenters. The van der Waals surface area contributed by atoms with E-state index in [1.807, 2.05) is 55.1 Å². The summed E-state index contributed by atoms with van der Waals surface area (Å²) in [6.07, 6.45) is 6.99. The van der Waals surface area contributed by atoms with Gasteiger partial charge in [-0.05, 0) is 68.5 Å². The number of imidazole rings is 1. The molecule has 1 N–H and O–H groups in total. The molecule has 0 radical (unpaired) electrons. The summed E-state index contributed by atoms with van der Waals surface area (Å²) >= 11 is 0. The van der Waals surface area contributed by atoms with Crippen molar-refractivity contribution < 1.29 is 9.53 Å². The Morgan fingerprint density at radius 3 is 2.73 bits per heavy atom. The van der Waals surface area contributed by atoms with Gasteiger partial charge in [0.2, 0.25) is 5.91 Å². The minimum Gasteiger partial charge on any atom is -0.495 e. The molecule has 0 saturated heterocycles. The zero-order valence-corrected chi connectivity index (χ0v) is 19.2. The predicted molar refractivity (Wildman–Crippen MR) is 126 cm³/mol. The van der Waals surface area contributed by atoms with Crippen molar-refractivity contribution in [2.75, 3.05) is 12.4 Å². The predicted octanol–water partition coefficient (Wildman–Crippen LogP) is 4.19. The molecule has 0 spiro atoms. The summed E-state index contributed by atoms with van der Waals surface area (Å²) in [5.74, 6) is 0.631. The molecule has 8 heteroatoms. The largest absolute Gasteiger partial charge is 0.495 e. The van der Waals surface area contributed by atoms with Crippen molar-refractivity contribution in [3.05, 3.63) is 71.4 Å². The number of hydrogen-bond donors (Lipinski definition) is 1. The fourth-order valence-corrected chi connectivity index (χ4v) is 4.49. The SMILES string of the molecule is COc1cc(-c2cn(C3CCc4c(C)cc(C)cc4NC3=O)nn2)ccc1-n1cnc(C)c1. The highest BCUT2D eigenvalue weighted by Gasteiger charge is 2.27. The number of methoxy groups -OCH3 is 1. The number of amides is 1. The first-order valence-corrected chi connectivity index (χ1v) is 10.9. The average Bonchev–Trinajstić information content (AvgIpc) is 3.40. The lowest BCUT2D eigenvalue weighted by Gasteiger charge is -2.13. The molecule has 168 valence electrons. The van der Waals surface area contributed by atoms with Crippen molar-refractivity contribution in [1.82, 2.24) is 24.5 Å². The fraction of sp³-hybridized carbons (Fsp3) is 0.280. The summed E-state index contributed by atoms with van der Waals surface area (Å²) in [5, 5.41) is 11.7. The fourth-order valence-electron chi connectivity index (χ4n) is 4.49. The first-order valence-electron chi connectivity index (χ1n) is 10.9. The van der Waals surface area contributed by atoms with Gasteiger partial charge in [-0.2, -0.15) is 0 Å². The first-order chi connectivity index (χ1) is 15.9. The van der Waals surface area contributed by atoms with Gasteiger partial charge in [0.15, 0.2) is 0 Å². The first kappa shape index (κ1) is 20.9. The van der Waals surface area contributed by atoms with E-state index in [0.29, 0.717) is 17.9 Å². The van der Waals surface area contributed by atoms with Gasteiger partial charge in [0.05, 0.1) is 31.0 Å². The summed E-state index contributed by atoms with van der Waals surface area (Å²) in [6, 6.07) is 9.62. The minimum absolute atomic E-state index is 0.0707. The number of nitrogens with zero attached hydrogens (tertiary/aromatic N) is 5. The smallest absolute Gasteiger partial charge is 0.249 e. The molecule has 0 aliphatic carbocycles. The van der Waals surface area contributed by atoms with Gasteiger partial charge in [0.1, 0.15) is 17.5 Å². The number of carbonyl (C=O) groups excluding carboxylic acids is 1. The number of nitrogens with one attached hydrogen (secondary N) is 1. The second kappa shape index (κ2) is 8.20. The highest BCUT2D eigenvalue weighted by Crippen LogP contribution is 2.32. The summed E-state index contributed by atoms with van der Waals surface area (Å²) in [6.45, 7) is 6.08. The van der Waals surface area contributed by atoms with Crippen LogP contribution in [0.5, 0.6) is 5.75 Å². The zero-order chi connectivity index (χ0) is 23.1. The number of carbonyl (C=O) groups is 1. The van der Waals surface area contributed by atoms with Gasteiger partial charge in [0.25, 0.3) is 0 Å². The summed E-state index contributed by atoms with van der Waals surface area (Å²) in [5.41, 5.74) is 7.79. The molecule has 8 nitrogen and oxygen atoms in total. The molecule has 2 aromatic carbocycles. The van der Waals surface area contributed by atoms with Crippen molar-refractivity contribution >= 4 is 11.6 Å². The zero-order valence-electron chi connectivity index (χ0n) is 19.2. The van der Waals surface area contributed by atoms with Crippen molar-refractivity contribution in [2.24, 2.45) is 0 Å². The molecule has 1 aliphatic heterocycles. The Hall–Kier alpha value is -3.94. The lowest BCUT2D eigenvalue weighted by atomic mass is 9.99.